The van der Waals surface area contributed by atoms with Crippen LogP contribution in [0.3, 0.4) is 0 Å². The predicted octanol–water partition coefficient (Wildman–Crippen LogP) is 3.36. The molecule has 0 radical (unpaired) electrons. The molecule has 0 amide bonds. The molecule has 0 saturated carbocycles. The Hall–Kier alpha value is -2.03. The van der Waals surface area contributed by atoms with Crippen molar-refractivity contribution in [3.8, 4) is 5.75 Å². The van der Waals surface area contributed by atoms with Gasteiger partial charge in [0, 0.05) is 23.7 Å². The van der Waals surface area contributed by atoms with Gasteiger partial charge in [0.15, 0.2) is 5.75 Å². The number of aromatic hydroxyl groups is 1. The Morgan fingerprint density at radius 2 is 1.92 bits per heavy atom. The van der Waals surface area contributed by atoms with Crippen LogP contribution >= 0.6 is 23.2 Å². The van der Waals surface area contributed by atoms with Crippen molar-refractivity contribution in [1.29, 1.82) is 0 Å². The fraction of sp³-hybridized carbons (Fsp3) is 0.143. The summed E-state index contributed by atoms with van der Waals surface area (Å²) in [7, 11) is -4.18. The summed E-state index contributed by atoms with van der Waals surface area (Å²) >= 11 is 11.6. The van der Waals surface area contributed by atoms with E-state index in [0.717, 1.165) is 10.4 Å². The minimum absolute atomic E-state index is 0.0508. The van der Waals surface area contributed by atoms with E-state index in [1.807, 2.05) is 0 Å². The molecule has 0 atom stereocenters. The lowest BCUT2D eigenvalue weighted by molar-refractivity contribution is -0.384. The van der Waals surface area contributed by atoms with Crippen molar-refractivity contribution in [1.82, 2.24) is 0 Å². The van der Waals surface area contributed by atoms with Gasteiger partial charge in [0.05, 0.1) is 15.6 Å². The standard InChI is InChI=1S/C14H10Cl2N2O5S/c15-9-5-11(16)14(19)13(6-9)24(22,23)17-4-3-8-1-2-10(18(20)21)7-12(8)17/h1-2,5-7,19H,3-4H2. The van der Waals surface area contributed by atoms with E-state index >= 15 is 0 Å². The molecule has 2 aromatic rings. The van der Waals surface area contributed by atoms with E-state index in [4.69, 9.17) is 23.2 Å². The van der Waals surface area contributed by atoms with E-state index in [2.05, 4.69) is 0 Å². The summed E-state index contributed by atoms with van der Waals surface area (Å²) in [5.41, 5.74) is 0.653. The van der Waals surface area contributed by atoms with Crippen LogP contribution in [0.2, 0.25) is 10.0 Å². The van der Waals surface area contributed by atoms with Gasteiger partial charge in [-0.25, -0.2) is 8.42 Å². The summed E-state index contributed by atoms with van der Waals surface area (Å²) in [5.74, 6) is -0.611. The van der Waals surface area contributed by atoms with Gasteiger partial charge in [-0.1, -0.05) is 29.3 Å². The number of hydrogen-bond donors (Lipinski definition) is 1. The normalized spacial score (nSPS) is 13.8. The lowest BCUT2D eigenvalue weighted by Crippen LogP contribution is -2.29. The first-order valence-electron chi connectivity index (χ1n) is 6.70. The zero-order chi connectivity index (χ0) is 17.6. The monoisotopic (exact) mass is 388 g/mol. The third-order valence-corrected chi connectivity index (χ3v) is 6.03. The summed E-state index contributed by atoms with van der Waals surface area (Å²) in [6.45, 7) is 0.0996. The molecule has 1 heterocycles. The van der Waals surface area contributed by atoms with Crippen molar-refractivity contribution in [2.75, 3.05) is 10.8 Å². The van der Waals surface area contributed by atoms with Gasteiger partial charge in [-0.05, 0) is 24.1 Å². The van der Waals surface area contributed by atoms with E-state index in [1.54, 1.807) is 0 Å². The molecule has 0 saturated heterocycles. The predicted molar refractivity (Wildman–Crippen MR) is 89.5 cm³/mol. The maximum atomic E-state index is 12.9. The van der Waals surface area contributed by atoms with Crippen LogP contribution in [0.25, 0.3) is 0 Å². The number of fused-ring (bicyclic) bond motifs is 1. The van der Waals surface area contributed by atoms with Gasteiger partial charge in [0.2, 0.25) is 0 Å². The molecule has 7 nitrogen and oxygen atoms in total. The summed E-state index contributed by atoms with van der Waals surface area (Å²) in [5, 5.41) is 20.8. The van der Waals surface area contributed by atoms with E-state index < -0.39 is 25.6 Å². The zero-order valence-corrected chi connectivity index (χ0v) is 14.3. The van der Waals surface area contributed by atoms with Crippen LogP contribution in [-0.2, 0) is 16.4 Å². The van der Waals surface area contributed by atoms with Crippen LogP contribution in [-0.4, -0.2) is 25.0 Å². The van der Waals surface area contributed by atoms with Crippen molar-refractivity contribution in [2.24, 2.45) is 0 Å². The zero-order valence-electron chi connectivity index (χ0n) is 11.9. The second-order valence-corrected chi connectivity index (χ2v) is 7.81. The number of nitro benzene ring substituents is 1. The molecule has 1 N–H and O–H groups in total. The minimum atomic E-state index is -4.18. The molecule has 3 rings (SSSR count). The largest absolute Gasteiger partial charge is 0.505 e. The first kappa shape index (κ1) is 16.8. The number of hydrogen-bond acceptors (Lipinski definition) is 5. The SMILES string of the molecule is O=[N+]([O-])c1ccc2c(c1)N(S(=O)(=O)c1cc(Cl)cc(Cl)c1O)CC2. The highest BCUT2D eigenvalue weighted by Crippen LogP contribution is 2.40. The van der Waals surface area contributed by atoms with Crippen molar-refractivity contribution in [3.05, 3.63) is 56.1 Å². The summed E-state index contributed by atoms with van der Waals surface area (Å²) in [4.78, 5) is 9.89. The number of non-ortho nitro benzene ring substituents is 1. The van der Waals surface area contributed by atoms with E-state index in [1.165, 1.54) is 24.3 Å². The molecule has 0 bridgehead atoms. The number of rotatable bonds is 3. The van der Waals surface area contributed by atoms with Crippen LogP contribution in [0.5, 0.6) is 5.75 Å². The van der Waals surface area contributed by atoms with Gasteiger partial charge < -0.3 is 5.11 Å². The van der Waals surface area contributed by atoms with Gasteiger partial charge >= 0.3 is 0 Å². The number of anilines is 1. The van der Waals surface area contributed by atoms with Crippen molar-refractivity contribution in [2.45, 2.75) is 11.3 Å². The molecular weight excluding hydrogens is 379 g/mol. The fourth-order valence-corrected chi connectivity index (χ4v) is 4.80. The third kappa shape index (κ3) is 2.66. The number of nitrogens with zero attached hydrogens (tertiary/aromatic N) is 2. The van der Waals surface area contributed by atoms with Gasteiger partial charge in [-0.15, -0.1) is 0 Å². The Balaban J connectivity index is 2.15. The van der Waals surface area contributed by atoms with E-state index in [-0.39, 0.29) is 28.0 Å². The highest BCUT2D eigenvalue weighted by Gasteiger charge is 2.34. The Morgan fingerprint density at radius 3 is 2.58 bits per heavy atom. The van der Waals surface area contributed by atoms with Gasteiger partial charge in [0.25, 0.3) is 15.7 Å². The van der Waals surface area contributed by atoms with Crippen LogP contribution in [0, 0.1) is 10.1 Å². The molecule has 2 aromatic carbocycles. The fourth-order valence-electron chi connectivity index (χ4n) is 2.56. The molecule has 0 fully saturated rings. The molecule has 24 heavy (non-hydrogen) atoms. The van der Waals surface area contributed by atoms with E-state index in [0.29, 0.717) is 12.0 Å². The number of phenols is 1. The molecule has 0 spiro atoms. The van der Waals surface area contributed by atoms with E-state index in [9.17, 15) is 23.6 Å². The Labute approximate surface area is 147 Å². The van der Waals surface area contributed by atoms with Crippen molar-refractivity contribution >= 4 is 44.6 Å². The van der Waals surface area contributed by atoms with Gasteiger partial charge in [0.1, 0.15) is 4.90 Å². The highest BCUT2D eigenvalue weighted by molar-refractivity contribution is 7.93. The van der Waals surface area contributed by atoms with Crippen LogP contribution in [0.4, 0.5) is 11.4 Å². The van der Waals surface area contributed by atoms with Crippen LogP contribution in [0.15, 0.2) is 35.2 Å². The molecule has 1 aliphatic rings. The number of sulfonamides is 1. The smallest absolute Gasteiger partial charge is 0.271 e. The van der Waals surface area contributed by atoms with Crippen LogP contribution < -0.4 is 4.31 Å². The molecule has 0 aromatic heterocycles. The van der Waals surface area contributed by atoms with Crippen molar-refractivity contribution in [3.63, 3.8) is 0 Å². The Morgan fingerprint density at radius 1 is 1.21 bits per heavy atom. The second-order valence-electron chi connectivity index (χ2n) is 5.13. The maximum absolute atomic E-state index is 12.9. The number of halogens is 2. The van der Waals surface area contributed by atoms with Gasteiger partial charge in [-0.2, -0.15) is 0 Å². The number of nitro groups is 1. The summed E-state index contributed by atoms with van der Waals surface area (Å²) in [6, 6.07) is 6.35. The average Bonchev–Trinajstić information content (AvgIpc) is 2.94. The maximum Gasteiger partial charge on any atom is 0.271 e. The summed E-state index contributed by atoms with van der Waals surface area (Å²) in [6.07, 6.45) is 0.404. The Kier molecular flexibility index (Phi) is 4.06. The Bertz CT molecular complexity index is 962. The number of benzene rings is 2. The molecular formula is C14H10Cl2N2O5S. The molecule has 0 aliphatic carbocycles. The lowest BCUT2D eigenvalue weighted by atomic mass is 10.1. The van der Waals surface area contributed by atoms with Crippen LogP contribution in [0.1, 0.15) is 5.56 Å². The molecule has 0 unspecified atom stereocenters. The first-order chi connectivity index (χ1) is 11.2. The molecule has 10 heteroatoms. The minimum Gasteiger partial charge on any atom is -0.505 e. The topological polar surface area (TPSA) is 101 Å². The third-order valence-electron chi connectivity index (χ3n) is 3.69. The second kappa shape index (κ2) is 5.80. The first-order valence-corrected chi connectivity index (χ1v) is 8.89. The van der Waals surface area contributed by atoms with Crippen molar-refractivity contribution < 1.29 is 18.4 Å². The molecule has 126 valence electrons. The quantitative estimate of drug-likeness (QED) is 0.641. The lowest BCUT2D eigenvalue weighted by Gasteiger charge is -2.20. The number of phenolic OH excluding ortho intramolecular Hbond substituents is 1. The average molecular weight is 389 g/mol. The summed E-state index contributed by atoms with van der Waals surface area (Å²) < 4.78 is 26.8. The highest BCUT2D eigenvalue weighted by atomic mass is 35.5. The molecule has 1 aliphatic heterocycles. The van der Waals surface area contributed by atoms with Gasteiger partial charge in [-0.3, -0.25) is 14.4 Å².